The van der Waals surface area contributed by atoms with Crippen molar-refractivity contribution < 1.29 is 24.2 Å². The number of carbonyl (C=O) groups excluding carboxylic acids is 2. The molecule has 1 amide bonds. The summed E-state index contributed by atoms with van der Waals surface area (Å²) in [6.07, 6.45) is -2.13. The average molecular weight is 313 g/mol. The first-order valence-corrected chi connectivity index (χ1v) is 6.81. The van der Waals surface area contributed by atoms with Gasteiger partial charge in [0.2, 0.25) is 0 Å². The number of amides is 1. The molecule has 8 heteroatoms. The van der Waals surface area contributed by atoms with Gasteiger partial charge in [0.1, 0.15) is 11.7 Å². The first-order valence-electron chi connectivity index (χ1n) is 6.81. The zero-order valence-corrected chi connectivity index (χ0v) is 13.7. The Hall–Kier alpha value is -2.09. The predicted molar refractivity (Wildman–Crippen MR) is 78.1 cm³/mol. The standard InChI is InChI=1S/C14H23N3O5/c1-8-7-9(17(5)16-8)11(18)10(12(19)21-6)15-13(20)22-14(2,3)4/h7,10-11,18H,1-6H3,(H,15,20). The SMILES string of the molecule is COC(=O)C(NC(=O)OC(C)(C)C)C(O)c1cc(C)nn1C. The van der Waals surface area contributed by atoms with Crippen molar-refractivity contribution in [1.82, 2.24) is 15.1 Å². The molecule has 0 aromatic carbocycles. The first-order chi connectivity index (χ1) is 10.0. The van der Waals surface area contributed by atoms with Crippen LogP contribution in [0.2, 0.25) is 0 Å². The van der Waals surface area contributed by atoms with Crippen LogP contribution in [0.5, 0.6) is 0 Å². The molecule has 22 heavy (non-hydrogen) atoms. The highest BCUT2D eigenvalue weighted by molar-refractivity contribution is 5.82. The summed E-state index contributed by atoms with van der Waals surface area (Å²) in [5.41, 5.74) is 0.333. The van der Waals surface area contributed by atoms with Crippen LogP contribution in [-0.4, -0.2) is 45.7 Å². The maximum atomic E-state index is 11.9. The fourth-order valence-corrected chi connectivity index (χ4v) is 1.91. The Labute approximate surface area is 129 Å². The molecule has 0 bridgehead atoms. The molecule has 0 radical (unpaired) electrons. The topological polar surface area (TPSA) is 103 Å². The normalized spacial score (nSPS) is 14.1. The summed E-state index contributed by atoms with van der Waals surface area (Å²) in [7, 11) is 2.81. The molecule has 0 aliphatic rings. The molecule has 1 rings (SSSR count). The number of hydrogen-bond acceptors (Lipinski definition) is 6. The van der Waals surface area contributed by atoms with Crippen molar-refractivity contribution in [2.75, 3.05) is 7.11 Å². The molecular formula is C14H23N3O5. The van der Waals surface area contributed by atoms with E-state index in [2.05, 4.69) is 15.2 Å². The fraction of sp³-hybridized carbons (Fsp3) is 0.643. The largest absolute Gasteiger partial charge is 0.467 e. The van der Waals surface area contributed by atoms with Crippen molar-refractivity contribution >= 4 is 12.1 Å². The van der Waals surface area contributed by atoms with Gasteiger partial charge in [-0.05, 0) is 33.8 Å². The summed E-state index contributed by atoms with van der Waals surface area (Å²) < 4.78 is 11.2. The zero-order chi connectivity index (χ0) is 17.1. The number of ether oxygens (including phenoxy) is 2. The second kappa shape index (κ2) is 6.78. The minimum atomic E-state index is -1.31. The second-order valence-electron chi connectivity index (χ2n) is 5.93. The molecule has 2 atom stereocenters. The fourth-order valence-electron chi connectivity index (χ4n) is 1.91. The number of aryl methyl sites for hydroxylation is 2. The third kappa shape index (κ3) is 4.73. The van der Waals surface area contributed by atoms with Gasteiger partial charge in [-0.15, -0.1) is 0 Å². The molecule has 0 aliphatic heterocycles. The van der Waals surface area contributed by atoms with Gasteiger partial charge in [0, 0.05) is 7.05 Å². The summed E-state index contributed by atoms with van der Waals surface area (Å²) in [6.45, 7) is 6.84. The average Bonchev–Trinajstić information content (AvgIpc) is 2.71. The van der Waals surface area contributed by atoms with Crippen LogP contribution < -0.4 is 5.32 Å². The molecule has 1 heterocycles. The van der Waals surface area contributed by atoms with E-state index in [-0.39, 0.29) is 0 Å². The van der Waals surface area contributed by atoms with Gasteiger partial charge < -0.3 is 19.9 Å². The van der Waals surface area contributed by atoms with Gasteiger partial charge >= 0.3 is 12.1 Å². The van der Waals surface area contributed by atoms with Gasteiger partial charge in [-0.2, -0.15) is 5.10 Å². The number of hydrogen-bond donors (Lipinski definition) is 2. The Morgan fingerprint density at radius 3 is 2.41 bits per heavy atom. The van der Waals surface area contributed by atoms with E-state index in [9.17, 15) is 14.7 Å². The molecule has 0 fully saturated rings. The Balaban J connectivity index is 2.96. The summed E-state index contributed by atoms with van der Waals surface area (Å²) in [5, 5.41) is 16.8. The molecule has 8 nitrogen and oxygen atoms in total. The number of alkyl carbamates (subject to hydrolysis) is 1. The number of nitrogens with zero attached hydrogens (tertiary/aromatic N) is 2. The van der Waals surface area contributed by atoms with Crippen LogP contribution in [0, 0.1) is 6.92 Å². The number of rotatable bonds is 4. The van der Waals surface area contributed by atoms with Crippen LogP contribution in [0.1, 0.15) is 38.3 Å². The zero-order valence-electron chi connectivity index (χ0n) is 13.7. The van der Waals surface area contributed by atoms with Crippen molar-refractivity contribution in [1.29, 1.82) is 0 Å². The van der Waals surface area contributed by atoms with E-state index in [1.165, 1.54) is 11.8 Å². The lowest BCUT2D eigenvalue weighted by atomic mass is 10.1. The maximum absolute atomic E-state index is 11.9. The summed E-state index contributed by atoms with van der Waals surface area (Å²) in [4.78, 5) is 23.7. The number of aromatic nitrogens is 2. The van der Waals surface area contributed by atoms with Crippen LogP contribution in [-0.2, 0) is 21.3 Å². The van der Waals surface area contributed by atoms with Crippen LogP contribution in [0.4, 0.5) is 4.79 Å². The monoisotopic (exact) mass is 313 g/mol. The van der Waals surface area contributed by atoms with E-state index in [4.69, 9.17) is 4.74 Å². The number of carbonyl (C=O) groups is 2. The van der Waals surface area contributed by atoms with Crippen molar-refractivity contribution in [2.24, 2.45) is 7.05 Å². The van der Waals surface area contributed by atoms with Gasteiger partial charge in [0.25, 0.3) is 0 Å². The molecular weight excluding hydrogens is 290 g/mol. The highest BCUT2D eigenvalue weighted by Gasteiger charge is 2.34. The molecule has 1 aromatic heterocycles. The van der Waals surface area contributed by atoms with Gasteiger partial charge in [0.15, 0.2) is 6.04 Å². The van der Waals surface area contributed by atoms with Crippen molar-refractivity contribution in [2.45, 2.75) is 45.4 Å². The quantitative estimate of drug-likeness (QED) is 0.798. The van der Waals surface area contributed by atoms with E-state index < -0.39 is 29.8 Å². The first kappa shape index (κ1) is 18.0. The highest BCUT2D eigenvalue weighted by Crippen LogP contribution is 2.19. The summed E-state index contributed by atoms with van der Waals surface area (Å²) in [6, 6.07) is 0.326. The Morgan fingerprint density at radius 1 is 1.41 bits per heavy atom. The van der Waals surface area contributed by atoms with E-state index in [0.717, 1.165) is 0 Å². The Bertz CT molecular complexity index is 547. The number of aliphatic hydroxyl groups excluding tert-OH is 1. The Kier molecular flexibility index (Phi) is 5.54. The molecule has 0 spiro atoms. The Morgan fingerprint density at radius 2 is 2.00 bits per heavy atom. The molecule has 124 valence electrons. The molecule has 0 saturated carbocycles. The van der Waals surface area contributed by atoms with Gasteiger partial charge in [0.05, 0.1) is 18.5 Å². The molecule has 2 unspecified atom stereocenters. The molecule has 1 aromatic rings. The number of esters is 1. The lowest BCUT2D eigenvalue weighted by Crippen LogP contribution is -2.47. The molecule has 0 saturated heterocycles. The number of aliphatic hydroxyl groups is 1. The summed E-state index contributed by atoms with van der Waals surface area (Å²) >= 11 is 0. The molecule has 0 aliphatic carbocycles. The lowest BCUT2D eigenvalue weighted by Gasteiger charge is -2.25. The highest BCUT2D eigenvalue weighted by atomic mass is 16.6. The van der Waals surface area contributed by atoms with Crippen LogP contribution >= 0.6 is 0 Å². The van der Waals surface area contributed by atoms with Gasteiger partial charge in [-0.25, -0.2) is 9.59 Å². The van der Waals surface area contributed by atoms with E-state index in [1.54, 1.807) is 40.8 Å². The number of nitrogens with one attached hydrogen (secondary N) is 1. The molecule has 2 N–H and O–H groups in total. The van der Waals surface area contributed by atoms with E-state index in [0.29, 0.717) is 11.4 Å². The van der Waals surface area contributed by atoms with Gasteiger partial charge in [-0.1, -0.05) is 0 Å². The third-order valence-electron chi connectivity index (χ3n) is 2.78. The van der Waals surface area contributed by atoms with E-state index >= 15 is 0 Å². The lowest BCUT2D eigenvalue weighted by molar-refractivity contribution is -0.146. The summed E-state index contributed by atoms with van der Waals surface area (Å²) in [5.74, 6) is -0.780. The van der Waals surface area contributed by atoms with Crippen LogP contribution in [0.3, 0.4) is 0 Å². The maximum Gasteiger partial charge on any atom is 0.408 e. The van der Waals surface area contributed by atoms with Crippen molar-refractivity contribution in [3.05, 3.63) is 17.5 Å². The smallest absolute Gasteiger partial charge is 0.408 e. The van der Waals surface area contributed by atoms with Crippen molar-refractivity contribution in [3.63, 3.8) is 0 Å². The minimum Gasteiger partial charge on any atom is -0.467 e. The van der Waals surface area contributed by atoms with Crippen LogP contribution in [0.15, 0.2) is 6.07 Å². The van der Waals surface area contributed by atoms with Gasteiger partial charge in [-0.3, -0.25) is 4.68 Å². The van der Waals surface area contributed by atoms with Crippen LogP contribution in [0.25, 0.3) is 0 Å². The van der Waals surface area contributed by atoms with Crippen molar-refractivity contribution in [3.8, 4) is 0 Å². The predicted octanol–water partition coefficient (Wildman–Crippen LogP) is 0.828. The third-order valence-corrected chi connectivity index (χ3v) is 2.78. The van der Waals surface area contributed by atoms with E-state index in [1.807, 2.05) is 0 Å². The number of methoxy groups -OCH3 is 1. The second-order valence-corrected chi connectivity index (χ2v) is 5.93. The minimum absolute atomic E-state index is 0.379.